The van der Waals surface area contributed by atoms with E-state index in [1.54, 1.807) is 36.4 Å². The molecule has 0 bridgehead atoms. The van der Waals surface area contributed by atoms with Crippen LogP contribution in [0.4, 0.5) is 0 Å². The highest BCUT2D eigenvalue weighted by molar-refractivity contribution is 6.33. The van der Waals surface area contributed by atoms with Crippen molar-refractivity contribution in [3.8, 4) is 35.0 Å². The zero-order valence-corrected chi connectivity index (χ0v) is 15.4. The highest BCUT2D eigenvalue weighted by Gasteiger charge is 2.18. The molecule has 1 heterocycles. The Morgan fingerprint density at radius 3 is 1.25 bits per heavy atom. The Morgan fingerprint density at radius 1 is 0.500 bits per heavy atom. The summed E-state index contributed by atoms with van der Waals surface area (Å²) in [5, 5.41) is 0.146. The van der Waals surface area contributed by atoms with Crippen LogP contribution in [0.2, 0.25) is 5.02 Å². The number of hydrogen-bond donors (Lipinski definition) is 0. The van der Waals surface area contributed by atoms with Crippen molar-refractivity contribution in [3.63, 3.8) is 0 Å². The number of nitrogens with zero attached hydrogens (tertiary/aromatic N) is 2. The maximum atomic E-state index is 6.45. The van der Waals surface area contributed by atoms with Gasteiger partial charge in [0.15, 0.2) is 5.02 Å². The summed E-state index contributed by atoms with van der Waals surface area (Å²) in [5.41, 5.74) is 0. The molecule has 0 radical (unpaired) electrons. The number of halogens is 1. The number of para-hydroxylation sites is 3. The Labute approximate surface area is 167 Å². The summed E-state index contributed by atoms with van der Waals surface area (Å²) < 4.78 is 17.4. The molecular formula is C22H15ClN2O3. The lowest BCUT2D eigenvalue weighted by Gasteiger charge is -2.12. The van der Waals surface area contributed by atoms with Crippen LogP contribution >= 0.6 is 11.6 Å². The summed E-state index contributed by atoms with van der Waals surface area (Å²) >= 11 is 6.45. The van der Waals surface area contributed by atoms with E-state index in [9.17, 15) is 0 Å². The number of benzene rings is 3. The molecule has 5 nitrogen and oxygen atoms in total. The highest BCUT2D eigenvalue weighted by atomic mass is 35.5. The lowest BCUT2D eigenvalue weighted by atomic mass is 10.3. The summed E-state index contributed by atoms with van der Waals surface area (Å²) in [5.74, 6) is 2.03. The third-order valence-corrected chi connectivity index (χ3v) is 3.96. The average Bonchev–Trinajstić information content (AvgIpc) is 2.74. The predicted octanol–water partition coefficient (Wildman–Crippen LogP) is 6.51. The van der Waals surface area contributed by atoms with Crippen LogP contribution in [0.3, 0.4) is 0 Å². The third-order valence-electron chi connectivity index (χ3n) is 3.64. The van der Waals surface area contributed by atoms with Crippen molar-refractivity contribution < 1.29 is 14.2 Å². The normalized spacial score (nSPS) is 10.3. The van der Waals surface area contributed by atoms with Gasteiger partial charge in [-0.2, -0.15) is 9.97 Å². The van der Waals surface area contributed by atoms with E-state index in [-0.39, 0.29) is 22.8 Å². The largest absolute Gasteiger partial charge is 0.437 e. The van der Waals surface area contributed by atoms with Crippen LogP contribution in [0.25, 0.3) is 0 Å². The van der Waals surface area contributed by atoms with Gasteiger partial charge < -0.3 is 14.2 Å². The molecule has 6 heteroatoms. The molecule has 138 valence electrons. The molecule has 0 unspecified atom stereocenters. The first-order valence-electron chi connectivity index (χ1n) is 8.54. The maximum Gasteiger partial charge on any atom is 0.328 e. The number of hydrogen-bond acceptors (Lipinski definition) is 5. The van der Waals surface area contributed by atoms with Crippen molar-refractivity contribution in [2.75, 3.05) is 0 Å². The van der Waals surface area contributed by atoms with Gasteiger partial charge in [0.05, 0.1) is 0 Å². The van der Waals surface area contributed by atoms with Crippen molar-refractivity contribution in [2.45, 2.75) is 0 Å². The molecule has 28 heavy (non-hydrogen) atoms. The van der Waals surface area contributed by atoms with Gasteiger partial charge >= 0.3 is 6.01 Å². The van der Waals surface area contributed by atoms with E-state index in [1.807, 2.05) is 54.6 Å². The quantitative estimate of drug-likeness (QED) is 0.375. The molecule has 0 saturated heterocycles. The molecule has 4 rings (SSSR count). The van der Waals surface area contributed by atoms with E-state index in [2.05, 4.69) is 9.97 Å². The summed E-state index contributed by atoms with van der Waals surface area (Å²) in [6, 6.07) is 27.7. The molecule has 3 aromatic carbocycles. The van der Waals surface area contributed by atoms with E-state index < -0.39 is 0 Å². The van der Waals surface area contributed by atoms with Crippen LogP contribution in [-0.2, 0) is 0 Å². The lowest BCUT2D eigenvalue weighted by molar-refractivity contribution is 0.387. The van der Waals surface area contributed by atoms with Gasteiger partial charge in [-0.15, -0.1) is 0 Å². The molecule has 0 amide bonds. The minimum atomic E-state index is 0.0625. The van der Waals surface area contributed by atoms with Crippen LogP contribution in [0.1, 0.15) is 0 Å². The van der Waals surface area contributed by atoms with Crippen molar-refractivity contribution >= 4 is 11.6 Å². The van der Waals surface area contributed by atoms with Gasteiger partial charge in [-0.3, -0.25) is 0 Å². The highest BCUT2D eigenvalue weighted by Crippen LogP contribution is 2.38. The van der Waals surface area contributed by atoms with Crippen molar-refractivity contribution in [2.24, 2.45) is 0 Å². The van der Waals surface area contributed by atoms with Gasteiger partial charge in [-0.1, -0.05) is 66.2 Å². The SMILES string of the molecule is Clc1c(Oc2ccccc2)nc(Oc2ccccc2)nc1Oc1ccccc1. The fourth-order valence-electron chi connectivity index (χ4n) is 2.36. The first kappa shape index (κ1) is 17.8. The Morgan fingerprint density at radius 2 is 0.857 bits per heavy atom. The fourth-order valence-corrected chi connectivity index (χ4v) is 2.53. The molecule has 4 aromatic rings. The summed E-state index contributed by atoms with van der Waals surface area (Å²) in [7, 11) is 0. The number of ether oxygens (including phenoxy) is 3. The minimum Gasteiger partial charge on any atom is -0.437 e. The molecule has 0 atom stereocenters. The summed E-state index contributed by atoms with van der Waals surface area (Å²) in [6.07, 6.45) is 0. The Balaban J connectivity index is 1.71. The summed E-state index contributed by atoms with van der Waals surface area (Å²) in [4.78, 5) is 8.60. The second kappa shape index (κ2) is 8.41. The Bertz CT molecular complexity index is 983. The van der Waals surface area contributed by atoms with Crippen molar-refractivity contribution in [1.29, 1.82) is 0 Å². The average molecular weight is 391 g/mol. The lowest BCUT2D eigenvalue weighted by Crippen LogP contribution is -1.99. The topological polar surface area (TPSA) is 53.5 Å². The van der Waals surface area contributed by atoms with Crippen molar-refractivity contribution in [1.82, 2.24) is 9.97 Å². The smallest absolute Gasteiger partial charge is 0.328 e. The van der Waals surface area contributed by atoms with E-state index in [1.165, 1.54) is 0 Å². The zero-order valence-electron chi connectivity index (χ0n) is 14.7. The molecular weight excluding hydrogens is 376 g/mol. The van der Waals surface area contributed by atoms with Crippen LogP contribution in [-0.4, -0.2) is 9.97 Å². The van der Waals surface area contributed by atoms with Gasteiger partial charge in [0.25, 0.3) is 0 Å². The molecule has 1 aromatic heterocycles. The first-order valence-corrected chi connectivity index (χ1v) is 8.92. The molecule has 0 aliphatic heterocycles. The van der Waals surface area contributed by atoms with Gasteiger partial charge in [-0.25, -0.2) is 0 Å². The van der Waals surface area contributed by atoms with Gasteiger partial charge in [0, 0.05) is 0 Å². The monoisotopic (exact) mass is 390 g/mol. The first-order chi connectivity index (χ1) is 13.8. The Hall–Kier alpha value is -3.57. The fraction of sp³-hybridized carbons (Fsp3) is 0. The third kappa shape index (κ3) is 4.39. The van der Waals surface area contributed by atoms with Crippen LogP contribution in [0.15, 0.2) is 91.0 Å². The second-order valence-electron chi connectivity index (χ2n) is 5.68. The predicted molar refractivity (Wildman–Crippen MR) is 107 cm³/mol. The second-order valence-corrected chi connectivity index (χ2v) is 6.05. The minimum absolute atomic E-state index is 0.0625. The molecule has 0 spiro atoms. The van der Waals surface area contributed by atoms with Gasteiger partial charge in [0.2, 0.25) is 11.8 Å². The van der Waals surface area contributed by atoms with E-state index in [4.69, 9.17) is 25.8 Å². The molecule has 0 aliphatic rings. The maximum absolute atomic E-state index is 6.45. The Kier molecular flexibility index (Phi) is 5.36. The van der Waals surface area contributed by atoms with E-state index >= 15 is 0 Å². The number of rotatable bonds is 6. The van der Waals surface area contributed by atoms with E-state index in [0.717, 1.165) is 0 Å². The van der Waals surface area contributed by atoms with Crippen LogP contribution in [0, 0.1) is 0 Å². The molecule has 0 saturated carbocycles. The van der Waals surface area contributed by atoms with Gasteiger partial charge in [0.1, 0.15) is 17.2 Å². The molecule has 0 fully saturated rings. The van der Waals surface area contributed by atoms with Crippen LogP contribution < -0.4 is 14.2 Å². The standard InChI is InChI=1S/C22H15ClN2O3/c23-19-20(26-16-10-4-1-5-11-16)24-22(28-18-14-8-3-9-15-18)25-21(19)27-17-12-6-2-7-13-17/h1-15H. The number of aromatic nitrogens is 2. The summed E-state index contributed by atoms with van der Waals surface area (Å²) in [6.45, 7) is 0. The molecule has 0 N–H and O–H groups in total. The van der Waals surface area contributed by atoms with Gasteiger partial charge in [-0.05, 0) is 36.4 Å². The van der Waals surface area contributed by atoms with Crippen LogP contribution in [0.5, 0.6) is 35.0 Å². The van der Waals surface area contributed by atoms with Crippen molar-refractivity contribution in [3.05, 3.63) is 96.0 Å². The molecule has 0 aliphatic carbocycles. The van der Waals surface area contributed by atoms with E-state index in [0.29, 0.717) is 17.2 Å². The zero-order chi connectivity index (χ0) is 19.2.